The zero-order valence-corrected chi connectivity index (χ0v) is 11.3. The van der Waals surface area contributed by atoms with Crippen molar-refractivity contribution in [3.63, 3.8) is 0 Å². The minimum Gasteiger partial charge on any atom is -0.403 e. The molecular weight excluding hydrogens is 228 g/mol. The van der Waals surface area contributed by atoms with E-state index in [2.05, 4.69) is 6.92 Å². The fourth-order valence-electron chi connectivity index (χ4n) is 2.76. The number of hydrogen-bond acceptors (Lipinski definition) is 3. The van der Waals surface area contributed by atoms with Crippen molar-refractivity contribution in [2.75, 3.05) is 7.05 Å². The van der Waals surface area contributed by atoms with E-state index in [0.717, 1.165) is 6.42 Å². The third-order valence-corrected chi connectivity index (χ3v) is 4.10. The lowest BCUT2D eigenvalue weighted by Crippen LogP contribution is -2.60. The van der Waals surface area contributed by atoms with Gasteiger partial charge in [-0.05, 0) is 32.1 Å². The zero-order valence-electron chi connectivity index (χ0n) is 11.3. The minimum atomic E-state index is -0.221. The number of rotatable bonds is 3. The van der Waals surface area contributed by atoms with E-state index in [9.17, 15) is 4.79 Å². The lowest BCUT2D eigenvalue weighted by atomic mass is 10.0. The standard InChI is InChI=1S/C13H22N4O/c1-4-10-13(18)16(3)11(7-14)12(15)17(10)8(2)9-5-6-9/h7-10,15H,4-6,14H2,1-3H3/b11-7+,15-12?/t8?,10-/m1/s1. The smallest absolute Gasteiger partial charge is 0.249 e. The molecule has 0 aromatic carbocycles. The van der Waals surface area contributed by atoms with E-state index in [-0.39, 0.29) is 18.0 Å². The lowest BCUT2D eigenvalue weighted by molar-refractivity contribution is -0.134. The molecule has 5 heteroatoms. The Labute approximate surface area is 108 Å². The molecule has 1 heterocycles. The van der Waals surface area contributed by atoms with Gasteiger partial charge in [-0.2, -0.15) is 0 Å². The Kier molecular flexibility index (Phi) is 3.32. The van der Waals surface area contributed by atoms with Gasteiger partial charge in [-0.25, -0.2) is 0 Å². The second kappa shape index (κ2) is 4.63. The molecule has 5 nitrogen and oxygen atoms in total. The molecular formula is C13H22N4O. The van der Waals surface area contributed by atoms with E-state index >= 15 is 0 Å². The highest BCUT2D eigenvalue weighted by molar-refractivity contribution is 6.05. The van der Waals surface area contributed by atoms with Gasteiger partial charge < -0.3 is 15.5 Å². The fraction of sp³-hybridized carbons (Fsp3) is 0.692. The van der Waals surface area contributed by atoms with E-state index in [1.165, 1.54) is 23.9 Å². The molecule has 1 amide bonds. The molecule has 0 aromatic rings. The quantitative estimate of drug-likeness (QED) is 0.788. The number of carbonyl (C=O) groups excluding carboxylic acids is 1. The summed E-state index contributed by atoms with van der Waals surface area (Å²) in [6.07, 6.45) is 4.49. The second-order valence-corrected chi connectivity index (χ2v) is 5.21. The van der Waals surface area contributed by atoms with Gasteiger partial charge in [-0.15, -0.1) is 0 Å². The van der Waals surface area contributed by atoms with E-state index < -0.39 is 0 Å². The van der Waals surface area contributed by atoms with Crippen molar-refractivity contribution >= 4 is 11.7 Å². The van der Waals surface area contributed by atoms with Crippen LogP contribution in [-0.4, -0.2) is 40.7 Å². The number of carbonyl (C=O) groups is 1. The first-order valence-corrected chi connectivity index (χ1v) is 6.59. The summed E-state index contributed by atoms with van der Waals surface area (Å²) in [5, 5.41) is 8.29. The van der Waals surface area contributed by atoms with Crippen LogP contribution in [0.2, 0.25) is 0 Å². The van der Waals surface area contributed by atoms with E-state index in [4.69, 9.17) is 11.1 Å². The summed E-state index contributed by atoms with van der Waals surface area (Å²) in [5.41, 5.74) is 6.08. The maximum absolute atomic E-state index is 12.3. The van der Waals surface area contributed by atoms with Gasteiger partial charge in [0.2, 0.25) is 5.91 Å². The molecule has 18 heavy (non-hydrogen) atoms. The average Bonchev–Trinajstić information content (AvgIpc) is 3.17. The first-order chi connectivity index (χ1) is 8.52. The van der Waals surface area contributed by atoms with Gasteiger partial charge in [-0.3, -0.25) is 10.2 Å². The van der Waals surface area contributed by atoms with Gasteiger partial charge in [0.05, 0.1) is 0 Å². The van der Waals surface area contributed by atoms with Gasteiger partial charge in [0.1, 0.15) is 17.6 Å². The predicted octanol–water partition coefficient (Wildman–Crippen LogP) is 1.11. The largest absolute Gasteiger partial charge is 0.403 e. The molecule has 0 spiro atoms. The van der Waals surface area contributed by atoms with Crippen molar-refractivity contribution in [3.8, 4) is 0 Å². The summed E-state index contributed by atoms with van der Waals surface area (Å²) >= 11 is 0. The minimum absolute atomic E-state index is 0.0395. The molecule has 1 saturated heterocycles. The summed E-state index contributed by atoms with van der Waals surface area (Å²) in [7, 11) is 1.69. The Morgan fingerprint density at radius 3 is 2.61 bits per heavy atom. The van der Waals surface area contributed by atoms with Gasteiger partial charge in [-0.1, -0.05) is 6.92 Å². The van der Waals surface area contributed by atoms with Crippen molar-refractivity contribution in [1.29, 1.82) is 5.41 Å². The summed E-state index contributed by atoms with van der Waals surface area (Å²) in [6, 6.07) is 0.0249. The third kappa shape index (κ3) is 1.87. The number of amides is 1. The second-order valence-electron chi connectivity index (χ2n) is 5.21. The van der Waals surface area contributed by atoms with Gasteiger partial charge in [0.15, 0.2) is 0 Å². The Morgan fingerprint density at radius 1 is 1.56 bits per heavy atom. The molecule has 2 atom stereocenters. The normalized spacial score (nSPS) is 29.1. The third-order valence-electron chi connectivity index (χ3n) is 4.10. The van der Waals surface area contributed by atoms with Crippen LogP contribution in [0.5, 0.6) is 0 Å². The molecule has 3 N–H and O–H groups in total. The molecule has 0 aromatic heterocycles. The molecule has 2 aliphatic rings. The highest BCUT2D eigenvalue weighted by atomic mass is 16.2. The summed E-state index contributed by atoms with van der Waals surface area (Å²) in [6.45, 7) is 4.11. The van der Waals surface area contributed by atoms with Crippen LogP contribution in [0.3, 0.4) is 0 Å². The zero-order chi connectivity index (χ0) is 13.4. The number of nitrogens with one attached hydrogen (secondary N) is 1. The highest BCUT2D eigenvalue weighted by Gasteiger charge is 2.44. The summed E-state index contributed by atoms with van der Waals surface area (Å²) < 4.78 is 0. The summed E-state index contributed by atoms with van der Waals surface area (Å²) in [4.78, 5) is 15.8. The first-order valence-electron chi connectivity index (χ1n) is 6.59. The SMILES string of the molecule is CC[C@@H]1C(=O)N(C)/C(=C/N)C(=N)N1C(C)C1CC1. The van der Waals surface area contributed by atoms with Gasteiger partial charge in [0, 0.05) is 19.3 Å². The van der Waals surface area contributed by atoms with Gasteiger partial charge in [0.25, 0.3) is 0 Å². The maximum atomic E-state index is 12.3. The molecule has 1 aliphatic heterocycles. The van der Waals surface area contributed by atoms with Gasteiger partial charge >= 0.3 is 0 Å². The van der Waals surface area contributed by atoms with Crippen molar-refractivity contribution in [2.24, 2.45) is 11.7 Å². The Bertz CT molecular complexity index is 400. The molecule has 1 unspecified atom stereocenters. The van der Waals surface area contributed by atoms with Crippen LogP contribution < -0.4 is 5.73 Å². The molecule has 1 aliphatic carbocycles. The van der Waals surface area contributed by atoms with E-state index in [0.29, 0.717) is 17.5 Å². The van der Waals surface area contributed by atoms with Crippen molar-refractivity contribution in [3.05, 3.63) is 11.9 Å². The monoisotopic (exact) mass is 250 g/mol. The van der Waals surface area contributed by atoms with Crippen LogP contribution >= 0.6 is 0 Å². The van der Waals surface area contributed by atoms with Crippen LogP contribution in [0.4, 0.5) is 0 Å². The van der Waals surface area contributed by atoms with E-state index in [1.54, 1.807) is 7.05 Å². The van der Waals surface area contributed by atoms with Crippen LogP contribution in [0, 0.1) is 11.3 Å². The first kappa shape index (κ1) is 12.9. The molecule has 0 bridgehead atoms. The lowest BCUT2D eigenvalue weighted by Gasteiger charge is -2.44. The number of likely N-dealkylation sites (N-methyl/N-ethyl adjacent to an activating group) is 1. The van der Waals surface area contributed by atoms with Crippen LogP contribution in [0.15, 0.2) is 11.9 Å². The van der Waals surface area contributed by atoms with Crippen molar-refractivity contribution in [1.82, 2.24) is 9.80 Å². The summed E-state index contributed by atoms with van der Waals surface area (Å²) in [5.74, 6) is 1.04. The number of nitrogens with zero attached hydrogens (tertiary/aromatic N) is 2. The maximum Gasteiger partial charge on any atom is 0.249 e. The fourth-order valence-corrected chi connectivity index (χ4v) is 2.76. The number of piperazine rings is 1. The molecule has 100 valence electrons. The van der Waals surface area contributed by atoms with Crippen molar-refractivity contribution in [2.45, 2.75) is 45.2 Å². The number of nitrogens with two attached hydrogens (primary N) is 1. The predicted molar refractivity (Wildman–Crippen MR) is 70.9 cm³/mol. The molecule has 2 fully saturated rings. The number of hydrogen-bond donors (Lipinski definition) is 2. The van der Waals surface area contributed by atoms with Crippen molar-refractivity contribution < 1.29 is 4.79 Å². The average molecular weight is 250 g/mol. The Morgan fingerprint density at radius 2 is 2.17 bits per heavy atom. The Hall–Kier alpha value is -1.52. The van der Waals surface area contributed by atoms with Crippen LogP contribution in [0.1, 0.15) is 33.1 Å². The van der Waals surface area contributed by atoms with E-state index in [1.807, 2.05) is 11.8 Å². The van der Waals surface area contributed by atoms with Crippen LogP contribution in [0.25, 0.3) is 0 Å². The Balaban J connectivity index is 2.33. The molecule has 2 rings (SSSR count). The number of amidine groups is 1. The molecule has 1 saturated carbocycles. The topological polar surface area (TPSA) is 73.4 Å². The molecule has 0 radical (unpaired) electrons. The highest BCUT2D eigenvalue weighted by Crippen LogP contribution is 2.38. The van der Waals surface area contributed by atoms with Crippen LogP contribution in [-0.2, 0) is 4.79 Å².